The number of methoxy groups -OCH3 is 1. The Morgan fingerprint density at radius 2 is 1.88 bits per heavy atom. The lowest BCUT2D eigenvalue weighted by Gasteiger charge is -2.26. The van der Waals surface area contributed by atoms with E-state index in [9.17, 15) is 0 Å². The second-order valence-corrected chi connectivity index (χ2v) is 7.37. The monoisotopic (exact) mass is 359 g/mol. The van der Waals surface area contributed by atoms with Crippen molar-refractivity contribution in [2.45, 2.75) is 57.8 Å². The third-order valence-electron chi connectivity index (χ3n) is 5.33. The van der Waals surface area contributed by atoms with Crippen molar-refractivity contribution in [3.8, 4) is 0 Å². The fourth-order valence-electron chi connectivity index (χ4n) is 3.81. The Morgan fingerprint density at radius 1 is 1.08 bits per heavy atom. The van der Waals surface area contributed by atoms with E-state index in [0.29, 0.717) is 18.8 Å². The summed E-state index contributed by atoms with van der Waals surface area (Å²) in [6, 6.07) is 0. The fraction of sp³-hybridized carbons (Fsp3) is 0.700. The largest absolute Gasteiger partial charge is 0.384 e. The zero-order chi connectivity index (χ0) is 18.2. The van der Waals surface area contributed by atoms with E-state index in [-0.39, 0.29) is 0 Å². The van der Waals surface area contributed by atoms with Crippen LogP contribution in [-0.2, 0) is 17.6 Å². The molecule has 2 aromatic rings. The van der Waals surface area contributed by atoms with Gasteiger partial charge in [0.05, 0.1) is 12.1 Å². The minimum Gasteiger partial charge on any atom is -0.384 e. The number of nitrogens with zero attached hydrogens (tertiary/aromatic N) is 3. The number of anilines is 1. The zero-order valence-electron chi connectivity index (χ0n) is 16.1. The first-order valence-corrected chi connectivity index (χ1v) is 10.1. The van der Waals surface area contributed by atoms with Crippen molar-refractivity contribution in [1.29, 1.82) is 0 Å². The van der Waals surface area contributed by atoms with Crippen LogP contribution in [0.15, 0.2) is 6.20 Å². The molecule has 0 amide bonds. The van der Waals surface area contributed by atoms with E-state index in [1.54, 1.807) is 7.11 Å². The van der Waals surface area contributed by atoms with E-state index < -0.39 is 0 Å². The Morgan fingerprint density at radius 3 is 2.69 bits per heavy atom. The number of H-pyrrole nitrogens is 1. The van der Waals surface area contributed by atoms with Gasteiger partial charge in [0.15, 0.2) is 5.82 Å². The molecule has 1 aliphatic rings. The average Bonchev–Trinajstić information content (AvgIpc) is 3.07. The number of aromatic nitrogens is 3. The normalized spacial score (nSPS) is 15.7. The third kappa shape index (κ3) is 5.17. The van der Waals surface area contributed by atoms with Crippen LogP contribution < -0.4 is 5.73 Å². The Bertz CT molecular complexity index is 678. The summed E-state index contributed by atoms with van der Waals surface area (Å²) in [5.74, 6) is 1.30. The summed E-state index contributed by atoms with van der Waals surface area (Å²) in [7, 11) is 1.69. The van der Waals surface area contributed by atoms with Gasteiger partial charge >= 0.3 is 0 Å². The molecular weight excluding hydrogens is 326 g/mol. The lowest BCUT2D eigenvalue weighted by atomic mass is 10.1. The fourth-order valence-corrected chi connectivity index (χ4v) is 3.81. The van der Waals surface area contributed by atoms with Crippen molar-refractivity contribution >= 4 is 16.9 Å². The molecule has 6 nitrogen and oxygen atoms in total. The number of aromatic amines is 1. The molecule has 0 aromatic carbocycles. The Hall–Kier alpha value is -1.66. The molecule has 6 heteroatoms. The van der Waals surface area contributed by atoms with E-state index >= 15 is 0 Å². The van der Waals surface area contributed by atoms with Crippen molar-refractivity contribution < 1.29 is 4.74 Å². The molecule has 0 bridgehead atoms. The highest BCUT2D eigenvalue weighted by atomic mass is 16.5. The quantitative estimate of drug-likeness (QED) is 0.636. The van der Waals surface area contributed by atoms with Crippen molar-refractivity contribution in [3.05, 3.63) is 17.6 Å². The number of nitrogens with one attached hydrogen (secondary N) is 1. The second kappa shape index (κ2) is 9.88. The van der Waals surface area contributed by atoms with Crippen LogP contribution in [0.25, 0.3) is 11.0 Å². The van der Waals surface area contributed by atoms with Crippen LogP contribution in [0.3, 0.4) is 0 Å². The maximum absolute atomic E-state index is 6.08. The molecule has 0 radical (unpaired) electrons. The minimum absolute atomic E-state index is 0.536. The molecule has 0 saturated carbocycles. The summed E-state index contributed by atoms with van der Waals surface area (Å²) in [4.78, 5) is 14.9. The zero-order valence-corrected chi connectivity index (χ0v) is 16.1. The highest BCUT2D eigenvalue weighted by molar-refractivity contribution is 5.87. The SMILES string of the molecule is COCCc1nc(N)c2[nH]cc(CCCCCCN3CCCCC3)c2n1. The number of ether oxygens (including phenoxy) is 1. The second-order valence-electron chi connectivity index (χ2n) is 7.37. The van der Waals surface area contributed by atoms with Gasteiger partial charge in [-0.15, -0.1) is 0 Å². The number of rotatable bonds is 10. The summed E-state index contributed by atoms with van der Waals surface area (Å²) >= 11 is 0. The van der Waals surface area contributed by atoms with Crippen LogP contribution in [0.4, 0.5) is 5.82 Å². The van der Waals surface area contributed by atoms with Crippen LogP contribution >= 0.6 is 0 Å². The molecule has 144 valence electrons. The number of nitrogen functional groups attached to an aromatic ring is 1. The summed E-state index contributed by atoms with van der Waals surface area (Å²) in [6.45, 7) is 4.51. The molecule has 3 heterocycles. The maximum atomic E-state index is 6.08. The average molecular weight is 360 g/mol. The molecule has 1 fully saturated rings. The van der Waals surface area contributed by atoms with Gasteiger partial charge in [-0.3, -0.25) is 0 Å². The van der Waals surface area contributed by atoms with Crippen LogP contribution in [0.2, 0.25) is 0 Å². The van der Waals surface area contributed by atoms with Crippen molar-refractivity contribution in [2.75, 3.05) is 39.1 Å². The number of nitrogens with two attached hydrogens (primary N) is 1. The van der Waals surface area contributed by atoms with Gasteiger partial charge in [-0.1, -0.05) is 19.3 Å². The molecule has 0 unspecified atom stereocenters. The minimum atomic E-state index is 0.536. The molecule has 0 spiro atoms. The molecule has 0 atom stereocenters. The standard InChI is InChI=1S/C20H33N5O/c1-26-14-10-17-23-18-16(15-22-19(18)20(21)24-17)9-5-2-3-6-11-25-12-7-4-8-13-25/h15,22H,2-14H2,1H3,(H2,21,23,24). The molecule has 1 aliphatic heterocycles. The van der Waals surface area contributed by atoms with Gasteiger partial charge in [0.1, 0.15) is 11.3 Å². The van der Waals surface area contributed by atoms with E-state index in [1.165, 1.54) is 70.1 Å². The first kappa shape index (κ1) is 19.1. The Kier molecular flexibility index (Phi) is 7.26. The lowest BCUT2D eigenvalue weighted by molar-refractivity contribution is 0.200. The van der Waals surface area contributed by atoms with Gasteiger partial charge < -0.3 is 20.4 Å². The first-order valence-electron chi connectivity index (χ1n) is 10.1. The van der Waals surface area contributed by atoms with Gasteiger partial charge in [-0.25, -0.2) is 9.97 Å². The number of hydrogen-bond donors (Lipinski definition) is 2. The highest BCUT2D eigenvalue weighted by Gasteiger charge is 2.12. The number of piperidine rings is 1. The summed E-state index contributed by atoms with van der Waals surface area (Å²) in [5.41, 5.74) is 9.18. The van der Waals surface area contributed by atoms with Gasteiger partial charge in [0, 0.05) is 19.7 Å². The predicted octanol–water partition coefficient (Wildman–Crippen LogP) is 3.32. The smallest absolute Gasteiger partial charge is 0.151 e. The number of unbranched alkanes of at least 4 members (excludes halogenated alkanes) is 3. The molecule has 0 aliphatic carbocycles. The van der Waals surface area contributed by atoms with Gasteiger partial charge in [0.2, 0.25) is 0 Å². The van der Waals surface area contributed by atoms with E-state index in [0.717, 1.165) is 23.3 Å². The van der Waals surface area contributed by atoms with E-state index in [4.69, 9.17) is 15.5 Å². The summed E-state index contributed by atoms with van der Waals surface area (Å²) < 4.78 is 5.12. The van der Waals surface area contributed by atoms with Gasteiger partial charge in [-0.05, 0) is 57.3 Å². The number of aryl methyl sites for hydroxylation is 1. The van der Waals surface area contributed by atoms with Crippen LogP contribution in [-0.4, -0.2) is 53.2 Å². The predicted molar refractivity (Wildman–Crippen MR) is 106 cm³/mol. The Balaban J connectivity index is 1.45. The molecule has 2 aromatic heterocycles. The van der Waals surface area contributed by atoms with E-state index in [1.807, 2.05) is 6.20 Å². The van der Waals surface area contributed by atoms with Crippen molar-refractivity contribution in [2.24, 2.45) is 0 Å². The van der Waals surface area contributed by atoms with Gasteiger partial charge in [0.25, 0.3) is 0 Å². The molecule has 3 rings (SSSR count). The van der Waals surface area contributed by atoms with Crippen LogP contribution in [0.5, 0.6) is 0 Å². The van der Waals surface area contributed by atoms with Crippen LogP contribution in [0, 0.1) is 0 Å². The first-order chi connectivity index (χ1) is 12.8. The lowest BCUT2D eigenvalue weighted by Crippen LogP contribution is -2.30. The van der Waals surface area contributed by atoms with Crippen molar-refractivity contribution in [1.82, 2.24) is 19.9 Å². The van der Waals surface area contributed by atoms with Gasteiger partial charge in [-0.2, -0.15) is 0 Å². The topological polar surface area (TPSA) is 80.1 Å². The number of likely N-dealkylation sites (tertiary alicyclic amines) is 1. The van der Waals surface area contributed by atoms with Crippen molar-refractivity contribution in [3.63, 3.8) is 0 Å². The molecular formula is C20H33N5O. The molecule has 3 N–H and O–H groups in total. The molecule has 26 heavy (non-hydrogen) atoms. The van der Waals surface area contributed by atoms with Crippen LogP contribution in [0.1, 0.15) is 56.3 Å². The molecule has 1 saturated heterocycles. The summed E-state index contributed by atoms with van der Waals surface area (Å²) in [5, 5.41) is 0. The number of hydrogen-bond acceptors (Lipinski definition) is 5. The third-order valence-corrected chi connectivity index (χ3v) is 5.33. The summed E-state index contributed by atoms with van der Waals surface area (Å²) in [6.07, 6.45) is 13.1. The van der Waals surface area contributed by atoms with E-state index in [2.05, 4.69) is 14.9 Å². The highest BCUT2D eigenvalue weighted by Crippen LogP contribution is 2.22. The maximum Gasteiger partial charge on any atom is 0.151 e. The number of fused-ring (bicyclic) bond motifs is 1. The Labute approximate surface area is 156 Å².